The van der Waals surface area contributed by atoms with Gasteiger partial charge in [-0.05, 0) is 43.5 Å². The third-order valence-electron chi connectivity index (χ3n) is 4.41. The molecule has 1 atom stereocenters. The second kappa shape index (κ2) is 10.5. The van der Waals surface area contributed by atoms with E-state index in [1.165, 1.54) is 0 Å². The maximum Gasteiger partial charge on any atom is 0.243 e. The maximum atomic E-state index is 13.2. The van der Waals surface area contributed by atoms with E-state index in [1.54, 1.807) is 17.0 Å². The molecule has 0 saturated carbocycles. The van der Waals surface area contributed by atoms with Gasteiger partial charge in [-0.2, -0.15) is 0 Å². The highest BCUT2D eigenvalue weighted by Gasteiger charge is 2.29. The average molecular weight is 421 g/mol. The Labute approximate surface area is 176 Å². The van der Waals surface area contributed by atoms with Crippen molar-refractivity contribution in [2.45, 2.75) is 52.2 Å². The van der Waals surface area contributed by atoms with E-state index in [4.69, 9.17) is 23.2 Å². The normalized spacial score (nSPS) is 11.9. The summed E-state index contributed by atoms with van der Waals surface area (Å²) in [5, 5.41) is 4.02. The van der Waals surface area contributed by atoms with E-state index in [2.05, 4.69) is 5.32 Å². The number of benzene rings is 2. The maximum absolute atomic E-state index is 13.2. The van der Waals surface area contributed by atoms with Crippen LogP contribution in [0.25, 0.3) is 0 Å². The van der Waals surface area contributed by atoms with Crippen LogP contribution in [0, 0.1) is 0 Å². The fourth-order valence-corrected chi connectivity index (χ4v) is 3.41. The largest absolute Gasteiger partial charge is 0.352 e. The summed E-state index contributed by atoms with van der Waals surface area (Å²) in [6.07, 6.45) is 0.618. The van der Waals surface area contributed by atoms with Crippen LogP contribution in [-0.4, -0.2) is 28.8 Å². The molecule has 2 rings (SSSR count). The van der Waals surface area contributed by atoms with Crippen LogP contribution < -0.4 is 5.32 Å². The van der Waals surface area contributed by atoms with E-state index >= 15 is 0 Å². The van der Waals surface area contributed by atoms with Gasteiger partial charge in [0.2, 0.25) is 11.8 Å². The quantitative estimate of drug-likeness (QED) is 0.661. The van der Waals surface area contributed by atoms with Gasteiger partial charge in [0.15, 0.2) is 0 Å². The van der Waals surface area contributed by atoms with Gasteiger partial charge in [0, 0.05) is 22.6 Å². The van der Waals surface area contributed by atoms with Gasteiger partial charge in [-0.3, -0.25) is 9.59 Å². The van der Waals surface area contributed by atoms with Crippen LogP contribution in [0.3, 0.4) is 0 Å². The molecule has 0 bridgehead atoms. The van der Waals surface area contributed by atoms with Crippen LogP contribution in [-0.2, 0) is 22.6 Å². The van der Waals surface area contributed by atoms with Crippen molar-refractivity contribution in [3.63, 3.8) is 0 Å². The SMILES string of the molecule is CCC(C(=O)NC(C)C)N(Cc1ccccc1Cl)C(=O)Cc1ccccc1Cl. The standard InChI is InChI=1S/C22H26Cl2N2O2/c1-4-20(22(28)25-15(2)3)26(14-17-10-6-8-12-19(17)24)21(27)13-16-9-5-7-11-18(16)23/h5-12,15,20H,4,13-14H2,1-3H3,(H,25,28). The van der Waals surface area contributed by atoms with Gasteiger partial charge in [0.05, 0.1) is 6.42 Å². The lowest BCUT2D eigenvalue weighted by atomic mass is 10.1. The molecular weight excluding hydrogens is 395 g/mol. The van der Waals surface area contributed by atoms with Gasteiger partial charge in [0.25, 0.3) is 0 Å². The number of carbonyl (C=O) groups is 2. The number of amides is 2. The molecule has 0 fully saturated rings. The first-order chi connectivity index (χ1) is 13.3. The third kappa shape index (κ3) is 5.98. The Morgan fingerprint density at radius 2 is 1.50 bits per heavy atom. The Bertz CT molecular complexity index is 824. The third-order valence-corrected chi connectivity index (χ3v) is 5.15. The fourth-order valence-electron chi connectivity index (χ4n) is 3.02. The van der Waals surface area contributed by atoms with E-state index in [1.807, 2.05) is 57.2 Å². The number of halogens is 2. The topological polar surface area (TPSA) is 49.4 Å². The molecule has 1 unspecified atom stereocenters. The molecule has 2 aromatic carbocycles. The van der Waals surface area contributed by atoms with Crippen molar-refractivity contribution in [2.75, 3.05) is 0 Å². The van der Waals surface area contributed by atoms with Crippen molar-refractivity contribution in [3.8, 4) is 0 Å². The zero-order valence-electron chi connectivity index (χ0n) is 16.4. The van der Waals surface area contributed by atoms with E-state index < -0.39 is 6.04 Å². The summed E-state index contributed by atoms with van der Waals surface area (Å²) in [5.74, 6) is -0.337. The number of nitrogens with one attached hydrogen (secondary N) is 1. The molecule has 0 aliphatic rings. The predicted octanol–water partition coefficient (Wildman–Crippen LogP) is 4.87. The minimum atomic E-state index is -0.589. The molecule has 2 amide bonds. The Kier molecular flexibility index (Phi) is 8.34. The van der Waals surface area contributed by atoms with Crippen molar-refractivity contribution in [1.29, 1.82) is 0 Å². The first-order valence-electron chi connectivity index (χ1n) is 9.40. The molecule has 1 N–H and O–H groups in total. The van der Waals surface area contributed by atoms with Gasteiger partial charge in [0.1, 0.15) is 6.04 Å². The lowest BCUT2D eigenvalue weighted by molar-refractivity contribution is -0.141. The minimum Gasteiger partial charge on any atom is -0.352 e. The number of hydrogen-bond acceptors (Lipinski definition) is 2. The second-order valence-electron chi connectivity index (χ2n) is 6.97. The number of hydrogen-bond donors (Lipinski definition) is 1. The summed E-state index contributed by atoms with van der Waals surface area (Å²) in [6, 6.07) is 14.0. The van der Waals surface area contributed by atoms with Crippen LogP contribution in [0.15, 0.2) is 48.5 Å². The monoisotopic (exact) mass is 420 g/mol. The molecular formula is C22H26Cl2N2O2. The number of nitrogens with zero attached hydrogens (tertiary/aromatic N) is 1. The number of rotatable bonds is 8. The molecule has 6 heteroatoms. The van der Waals surface area contributed by atoms with Crippen LogP contribution in [0.1, 0.15) is 38.3 Å². The summed E-state index contributed by atoms with van der Waals surface area (Å²) < 4.78 is 0. The van der Waals surface area contributed by atoms with E-state index in [0.717, 1.165) is 11.1 Å². The van der Waals surface area contributed by atoms with Crippen LogP contribution in [0.2, 0.25) is 10.0 Å². The zero-order valence-corrected chi connectivity index (χ0v) is 17.9. The molecule has 0 heterocycles. The molecule has 150 valence electrons. The van der Waals surface area contributed by atoms with Crippen LogP contribution in [0.5, 0.6) is 0 Å². The minimum absolute atomic E-state index is 0.0117. The van der Waals surface area contributed by atoms with Gasteiger partial charge >= 0.3 is 0 Å². The summed E-state index contributed by atoms with van der Waals surface area (Å²) in [5.41, 5.74) is 1.53. The van der Waals surface area contributed by atoms with Crippen molar-refractivity contribution < 1.29 is 9.59 Å². The highest BCUT2D eigenvalue weighted by Crippen LogP contribution is 2.22. The highest BCUT2D eigenvalue weighted by atomic mass is 35.5. The lowest BCUT2D eigenvalue weighted by Gasteiger charge is -2.31. The van der Waals surface area contributed by atoms with Crippen molar-refractivity contribution in [1.82, 2.24) is 10.2 Å². The molecule has 0 radical (unpaired) electrons. The van der Waals surface area contributed by atoms with Gasteiger partial charge in [-0.15, -0.1) is 0 Å². The van der Waals surface area contributed by atoms with Crippen LogP contribution >= 0.6 is 23.2 Å². The summed E-state index contributed by atoms with van der Waals surface area (Å²) >= 11 is 12.5. The molecule has 0 aromatic heterocycles. The Morgan fingerprint density at radius 3 is 2.00 bits per heavy atom. The number of carbonyl (C=O) groups excluding carboxylic acids is 2. The van der Waals surface area contributed by atoms with Gasteiger partial charge < -0.3 is 10.2 Å². The lowest BCUT2D eigenvalue weighted by Crippen LogP contribution is -2.50. The van der Waals surface area contributed by atoms with E-state index in [0.29, 0.717) is 16.5 Å². The average Bonchev–Trinajstić information content (AvgIpc) is 2.64. The Hall–Kier alpha value is -2.04. The molecule has 2 aromatic rings. The van der Waals surface area contributed by atoms with Crippen molar-refractivity contribution in [3.05, 3.63) is 69.7 Å². The van der Waals surface area contributed by atoms with Crippen molar-refractivity contribution >= 4 is 35.0 Å². The molecule has 0 saturated heterocycles. The second-order valence-corrected chi connectivity index (χ2v) is 7.78. The summed E-state index contributed by atoms with van der Waals surface area (Å²) in [6.45, 7) is 5.95. The highest BCUT2D eigenvalue weighted by molar-refractivity contribution is 6.31. The zero-order chi connectivity index (χ0) is 20.7. The first kappa shape index (κ1) is 22.3. The summed E-state index contributed by atoms with van der Waals surface area (Å²) in [4.78, 5) is 27.6. The summed E-state index contributed by atoms with van der Waals surface area (Å²) in [7, 11) is 0. The van der Waals surface area contributed by atoms with Gasteiger partial charge in [-0.25, -0.2) is 0 Å². The molecule has 0 aliphatic heterocycles. The van der Waals surface area contributed by atoms with Crippen molar-refractivity contribution in [2.24, 2.45) is 0 Å². The predicted molar refractivity (Wildman–Crippen MR) is 115 cm³/mol. The van der Waals surface area contributed by atoms with Crippen LogP contribution in [0.4, 0.5) is 0 Å². The molecule has 0 spiro atoms. The smallest absolute Gasteiger partial charge is 0.243 e. The molecule has 4 nitrogen and oxygen atoms in total. The Balaban J connectivity index is 2.33. The molecule has 28 heavy (non-hydrogen) atoms. The van der Waals surface area contributed by atoms with E-state index in [9.17, 15) is 9.59 Å². The van der Waals surface area contributed by atoms with E-state index in [-0.39, 0.29) is 30.8 Å². The Morgan fingerprint density at radius 1 is 0.964 bits per heavy atom. The molecule has 0 aliphatic carbocycles. The fraction of sp³-hybridized carbons (Fsp3) is 0.364. The first-order valence-corrected chi connectivity index (χ1v) is 10.2. The van der Waals surface area contributed by atoms with Gasteiger partial charge in [-0.1, -0.05) is 66.5 Å².